The quantitative estimate of drug-likeness (QED) is 0.637. The van der Waals surface area contributed by atoms with E-state index >= 15 is 0 Å². The molecule has 0 N–H and O–H groups in total. The van der Waals surface area contributed by atoms with E-state index in [2.05, 4.69) is 0 Å². The molecular formula is C11H14N2O2. The molecule has 0 atom stereocenters. The maximum atomic E-state index is 11.3. The third kappa shape index (κ3) is 2.18. The van der Waals surface area contributed by atoms with E-state index in [0.29, 0.717) is 5.57 Å². The molecule has 0 unspecified atom stereocenters. The summed E-state index contributed by atoms with van der Waals surface area (Å²) < 4.78 is 5.09. The van der Waals surface area contributed by atoms with E-state index in [4.69, 9.17) is 10.00 Å². The van der Waals surface area contributed by atoms with Gasteiger partial charge in [-0.05, 0) is 26.1 Å². The van der Waals surface area contributed by atoms with E-state index in [0.717, 1.165) is 0 Å². The summed E-state index contributed by atoms with van der Waals surface area (Å²) in [7, 11) is 3.74. The van der Waals surface area contributed by atoms with Gasteiger partial charge in [0.05, 0.1) is 0 Å². The summed E-state index contributed by atoms with van der Waals surface area (Å²) in [6.45, 7) is 3.54. The Morgan fingerprint density at radius 2 is 2.07 bits per heavy atom. The molecule has 0 radical (unpaired) electrons. The van der Waals surface area contributed by atoms with Crippen molar-refractivity contribution in [1.82, 2.24) is 4.90 Å². The van der Waals surface area contributed by atoms with Crippen molar-refractivity contribution in [3.05, 3.63) is 23.4 Å². The van der Waals surface area contributed by atoms with Crippen LogP contribution in [0.5, 0.6) is 0 Å². The van der Waals surface area contributed by atoms with Crippen LogP contribution in [0.3, 0.4) is 0 Å². The number of nitrogens with zero attached hydrogens (tertiary/aromatic N) is 2. The summed E-state index contributed by atoms with van der Waals surface area (Å²) >= 11 is 0. The van der Waals surface area contributed by atoms with Crippen molar-refractivity contribution in [2.45, 2.75) is 19.4 Å². The molecule has 80 valence electrons. The van der Waals surface area contributed by atoms with Crippen LogP contribution in [0.15, 0.2) is 23.4 Å². The highest BCUT2D eigenvalue weighted by molar-refractivity contribution is 5.97. The van der Waals surface area contributed by atoms with Gasteiger partial charge in [-0.25, -0.2) is 4.79 Å². The Labute approximate surface area is 89.4 Å². The molecule has 0 saturated heterocycles. The van der Waals surface area contributed by atoms with Crippen LogP contribution in [-0.4, -0.2) is 30.6 Å². The van der Waals surface area contributed by atoms with Gasteiger partial charge in [0, 0.05) is 19.7 Å². The average Bonchev–Trinajstić information content (AvgIpc) is 2.31. The third-order valence-electron chi connectivity index (χ3n) is 2.12. The molecule has 1 aliphatic rings. The number of hydrogen-bond donors (Lipinski definition) is 0. The summed E-state index contributed by atoms with van der Waals surface area (Å²) in [6.07, 6.45) is 3.53. The second-order valence-electron chi connectivity index (χ2n) is 4.08. The lowest BCUT2D eigenvalue weighted by Crippen LogP contribution is -2.22. The van der Waals surface area contributed by atoms with Crippen LogP contribution < -0.4 is 0 Å². The van der Waals surface area contributed by atoms with Gasteiger partial charge in [-0.15, -0.1) is 0 Å². The van der Waals surface area contributed by atoms with Crippen molar-refractivity contribution in [1.29, 1.82) is 5.26 Å². The zero-order chi connectivity index (χ0) is 11.6. The maximum Gasteiger partial charge on any atom is 0.350 e. The fourth-order valence-electron chi connectivity index (χ4n) is 1.36. The van der Waals surface area contributed by atoms with Gasteiger partial charge in [0.25, 0.3) is 0 Å². The molecule has 0 amide bonds. The number of cyclic esters (lactones) is 1. The Hall–Kier alpha value is -1.76. The number of carbonyl (C=O) groups excluding carboxylic acids is 1. The van der Waals surface area contributed by atoms with Crippen molar-refractivity contribution in [2.24, 2.45) is 0 Å². The molecule has 0 fully saturated rings. The number of ether oxygens (including phenoxy) is 1. The molecule has 0 spiro atoms. The number of esters is 1. The number of rotatable bonds is 2. The fraction of sp³-hybridized carbons (Fsp3) is 0.455. The SMILES string of the molecule is CN(C)/C=C/C1=C(C#N)C(=O)OC1(C)C. The van der Waals surface area contributed by atoms with E-state index in [1.165, 1.54) is 0 Å². The Morgan fingerprint density at radius 3 is 2.53 bits per heavy atom. The fourth-order valence-corrected chi connectivity index (χ4v) is 1.36. The summed E-state index contributed by atoms with van der Waals surface area (Å²) in [6, 6.07) is 1.88. The highest BCUT2D eigenvalue weighted by Crippen LogP contribution is 2.32. The van der Waals surface area contributed by atoms with Crippen LogP contribution in [0, 0.1) is 11.3 Å². The Balaban J connectivity index is 3.15. The minimum absolute atomic E-state index is 0.0955. The molecule has 4 heteroatoms. The van der Waals surface area contributed by atoms with Gasteiger partial charge >= 0.3 is 5.97 Å². The van der Waals surface area contributed by atoms with Gasteiger partial charge < -0.3 is 9.64 Å². The van der Waals surface area contributed by atoms with Crippen molar-refractivity contribution in [3.63, 3.8) is 0 Å². The summed E-state index contributed by atoms with van der Waals surface area (Å²) in [5.41, 5.74) is 0.0103. The molecule has 0 bridgehead atoms. The number of carbonyl (C=O) groups is 1. The molecule has 1 rings (SSSR count). The minimum atomic E-state index is -0.714. The van der Waals surface area contributed by atoms with Gasteiger partial charge in [0.2, 0.25) is 0 Å². The van der Waals surface area contributed by atoms with Crippen molar-refractivity contribution in [2.75, 3.05) is 14.1 Å². The molecule has 0 aliphatic carbocycles. The van der Waals surface area contributed by atoms with Crippen LogP contribution in [0.25, 0.3) is 0 Å². The van der Waals surface area contributed by atoms with Crippen molar-refractivity contribution < 1.29 is 9.53 Å². The smallest absolute Gasteiger partial charge is 0.350 e. The Bertz CT molecular complexity index is 384. The highest BCUT2D eigenvalue weighted by atomic mass is 16.6. The summed E-state index contributed by atoms with van der Waals surface area (Å²) in [5, 5.41) is 8.85. The average molecular weight is 206 g/mol. The lowest BCUT2D eigenvalue weighted by molar-refractivity contribution is -0.144. The predicted molar refractivity (Wildman–Crippen MR) is 55.6 cm³/mol. The molecule has 0 aromatic carbocycles. The molecule has 0 saturated carbocycles. The van der Waals surface area contributed by atoms with E-state index in [1.54, 1.807) is 26.1 Å². The van der Waals surface area contributed by atoms with Crippen LogP contribution in [0.4, 0.5) is 0 Å². The molecule has 1 heterocycles. The second kappa shape index (κ2) is 3.77. The van der Waals surface area contributed by atoms with Gasteiger partial charge in [0.1, 0.15) is 17.2 Å². The lowest BCUT2D eigenvalue weighted by atomic mass is 9.96. The molecule has 4 nitrogen and oxygen atoms in total. The van der Waals surface area contributed by atoms with Gasteiger partial charge in [-0.2, -0.15) is 5.26 Å². The summed E-state index contributed by atoms with van der Waals surface area (Å²) in [4.78, 5) is 13.2. The highest BCUT2D eigenvalue weighted by Gasteiger charge is 2.39. The first-order valence-corrected chi connectivity index (χ1v) is 4.61. The number of nitriles is 1. The van der Waals surface area contributed by atoms with Crippen molar-refractivity contribution in [3.8, 4) is 6.07 Å². The molecule has 0 aromatic rings. The van der Waals surface area contributed by atoms with E-state index in [1.807, 2.05) is 25.1 Å². The van der Waals surface area contributed by atoms with Crippen LogP contribution >= 0.6 is 0 Å². The summed E-state index contributed by atoms with van der Waals surface area (Å²) in [5.74, 6) is -0.541. The lowest BCUT2D eigenvalue weighted by Gasteiger charge is -2.19. The molecule has 0 aromatic heterocycles. The van der Waals surface area contributed by atoms with Gasteiger partial charge in [-0.3, -0.25) is 0 Å². The van der Waals surface area contributed by atoms with Crippen LogP contribution in [0.1, 0.15) is 13.8 Å². The maximum absolute atomic E-state index is 11.3. The Morgan fingerprint density at radius 1 is 1.47 bits per heavy atom. The zero-order valence-electron chi connectivity index (χ0n) is 9.37. The topological polar surface area (TPSA) is 53.3 Å². The minimum Gasteiger partial charge on any atom is -0.451 e. The first kappa shape index (κ1) is 11.3. The zero-order valence-corrected chi connectivity index (χ0v) is 9.37. The predicted octanol–water partition coefficient (Wildman–Crippen LogP) is 1.22. The first-order valence-electron chi connectivity index (χ1n) is 4.61. The van der Waals surface area contributed by atoms with Crippen LogP contribution in [0.2, 0.25) is 0 Å². The van der Waals surface area contributed by atoms with E-state index < -0.39 is 11.6 Å². The van der Waals surface area contributed by atoms with E-state index in [9.17, 15) is 4.79 Å². The molecule has 15 heavy (non-hydrogen) atoms. The van der Waals surface area contributed by atoms with Crippen molar-refractivity contribution >= 4 is 5.97 Å². The second-order valence-corrected chi connectivity index (χ2v) is 4.08. The van der Waals surface area contributed by atoms with Gasteiger partial charge in [-0.1, -0.05) is 0 Å². The standard InChI is InChI=1S/C11H14N2O2/c1-11(2)9(5-6-13(3)4)8(7-12)10(14)15-11/h5-6H,1-4H3/b6-5+. The molecular weight excluding hydrogens is 192 g/mol. The third-order valence-corrected chi connectivity index (χ3v) is 2.12. The van der Waals surface area contributed by atoms with E-state index in [-0.39, 0.29) is 5.57 Å². The van der Waals surface area contributed by atoms with Gasteiger partial charge in [0.15, 0.2) is 0 Å². The van der Waals surface area contributed by atoms with Crippen LogP contribution in [-0.2, 0) is 9.53 Å². The first-order chi connectivity index (χ1) is 6.88. The number of hydrogen-bond acceptors (Lipinski definition) is 4. The Kier molecular flexibility index (Phi) is 2.85. The normalized spacial score (nSPS) is 19.3. The largest absolute Gasteiger partial charge is 0.451 e. The monoisotopic (exact) mass is 206 g/mol. The molecule has 1 aliphatic heterocycles.